The van der Waals surface area contributed by atoms with Crippen molar-refractivity contribution in [3.8, 4) is 0 Å². The van der Waals surface area contributed by atoms with Gasteiger partial charge in [0.15, 0.2) is 0 Å². The molecule has 1 N–H and O–H groups in total. The van der Waals surface area contributed by atoms with Gasteiger partial charge in [-0.1, -0.05) is 0 Å². The molecule has 1 spiro atoms. The van der Waals surface area contributed by atoms with E-state index in [1.165, 1.54) is 38.9 Å². The topological polar surface area (TPSA) is 15.3 Å². The van der Waals surface area contributed by atoms with Gasteiger partial charge in [0, 0.05) is 13.1 Å². The minimum absolute atomic E-state index is 0.775. The molecule has 0 aromatic heterocycles. The quantitative estimate of drug-likeness (QED) is 0.674. The molecule has 2 heteroatoms. The first-order chi connectivity index (χ1) is 5.70. The SMILES string of the molecule is CN(C)CCC1CC2(CNC2)C1. The molecule has 0 amide bonds. The summed E-state index contributed by atoms with van der Waals surface area (Å²) in [5.74, 6) is 1.04. The molecule has 1 heterocycles. The van der Waals surface area contributed by atoms with Crippen molar-refractivity contribution in [2.24, 2.45) is 11.3 Å². The van der Waals surface area contributed by atoms with E-state index < -0.39 is 0 Å². The van der Waals surface area contributed by atoms with Crippen LogP contribution < -0.4 is 5.32 Å². The molecule has 0 aromatic rings. The van der Waals surface area contributed by atoms with Crippen LogP contribution in [0.25, 0.3) is 0 Å². The van der Waals surface area contributed by atoms with Crippen molar-refractivity contribution in [1.29, 1.82) is 0 Å². The van der Waals surface area contributed by atoms with Crippen LogP contribution >= 0.6 is 0 Å². The van der Waals surface area contributed by atoms with E-state index in [1.54, 1.807) is 0 Å². The molecule has 1 saturated carbocycles. The standard InChI is InChI=1S/C10H20N2/c1-12(2)4-3-9-5-10(6-9)7-11-8-10/h9,11H,3-8H2,1-2H3. The fraction of sp³-hybridized carbons (Fsp3) is 1.00. The average molecular weight is 168 g/mol. The molecule has 2 fully saturated rings. The smallest absolute Gasteiger partial charge is 0.00204 e. The van der Waals surface area contributed by atoms with Crippen LogP contribution in [0.5, 0.6) is 0 Å². The van der Waals surface area contributed by atoms with Gasteiger partial charge < -0.3 is 10.2 Å². The zero-order valence-electron chi connectivity index (χ0n) is 8.27. The first kappa shape index (κ1) is 8.52. The summed E-state index contributed by atoms with van der Waals surface area (Å²) < 4.78 is 0. The maximum atomic E-state index is 3.38. The molecular formula is C10H20N2. The minimum atomic E-state index is 0.775. The minimum Gasteiger partial charge on any atom is -0.316 e. The maximum absolute atomic E-state index is 3.38. The number of hydrogen-bond acceptors (Lipinski definition) is 2. The fourth-order valence-corrected chi connectivity index (χ4v) is 2.58. The Morgan fingerprint density at radius 3 is 2.42 bits per heavy atom. The van der Waals surface area contributed by atoms with E-state index in [1.807, 2.05) is 0 Å². The third-order valence-electron chi connectivity index (χ3n) is 3.43. The van der Waals surface area contributed by atoms with Crippen molar-refractivity contribution in [2.45, 2.75) is 19.3 Å². The second kappa shape index (κ2) is 3.00. The second-order valence-corrected chi connectivity index (χ2v) is 4.97. The summed E-state index contributed by atoms with van der Waals surface area (Å²) in [6, 6.07) is 0. The van der Waals surface area contributed by atoms with Gasteiger partial charge in [-0.25, -0.2) is 0 Å². The molecule has 0 aromatic carbocycles. The number of nitrogens with one attached hydrogen (secondary N) is 1. The molecular weight excluding hydrogens is 148 g/mol. The van der Waals surface area contributed by atoms with Gasteiger partial charge in [0.25, 0.3) is 0 Å². The van der Waals surface area contributed by atoms with Gasteiger partial charge in [0.1, 0.15) is 0 Å². The fourth-order valence-electron chi connectivity index (χ4n) is 2.58. The van der Waals surface area contributed by atoms with Gasteiger partial charge in [0.05, 0.1) is 0 Å². The van der Waals surface area contributed by atoms with Crippen molar-refractivity contribution in [3.05, 3.63) is 0 Å². The summed E-state index contributed by atoms with van der Waals surface area (Å²) in [5.41, 5.74) is 0.775. The van der Waals surface area contributed by atoms with Crippen molar-refractivity contribution < 1.29 is 0 Å². The lowest BCUT2D eigenvalue weighted by atomic mass is 9.58. The molecule has 1 aliphatic heterocycles. The van der Waals surface area contributed by atoms with Gasteiger partial charge in [-0.3, -0.25) is 0 Å². The van der Waals surface area contributed by atoms with E-state index in [0.29, 0.717) is 0 Å². The van der Waals surface area contributed by atoms with Crippen LogP contribution in [0, 0.1) is 11.3 Å². The summed E-state index contributed by atoms with van der Waals surface area (Å²) >= 11 is 0. The van der Waals surface area contributed by atoms with Crippen molar-refractivity contribution in [1.82, 2.24) is 10.2 Å². The van der Waals surface area contributed by atoms with E-state index in [4.69, 9.17) is 0 Å². The highest BCUT2D eigenvalue weighted by molar-refractivity contribution is 5.02. The Morgan fingerprint density at radius 2 is 2.00 bits per heavy atom. The van der Waals surface area contributed by atoms with E-state index in [-0.39, 0.29) is 0 Å². The molecule has 0 atom stereocenters. The van der Waals surface area contributed by atoms with E-state index in [2.05, 4.69) is 24.3 Å². The molecule has 70 valence electrons. The Balaban J connectivity index is 1.62. The third kappa shape index (κ3) is 1.50. The molecule has 2 aliphatic rings. The zero-order valence-corrected chi connectivity index (χ0v) is 8.27. The Morgan fingerprint density at radius 1 is 1.33 bits per heavy atom. The van der Waals surface area contributed by atoms with Crippen LogP contribution in [0.1, 0.15) is 19.3 Å². The molecule has 0 radical (unpaired) electrons. The maximum Gasteiger partial charge on any atom is 0.00204 e. The van der Waals surface area contributed by atoms with E-state index in [0.717, 1.165) is 11.3 Å². The lowest BCUT2D eigenvalue weighted by Crippen LogP contribution is -2.60. The van der Waals surface area contributed by atoms with Gasteiger partial charge in [-0.15, -0.1) is 0 Å². The Kier molecular flexibility index (Phi) is 2.13. The van der Waals surface area contributed by atoms with Crippen LogP contribution in [0.3, 0.4) is 0 Å². The van der Waals surface area contributed by atoms with Crippen molar-refractivity contribution in [2.75, 3.05) is 33.7 Å². The molecule has 12 heavy (non-hydrogen) atoms. The highest BCUT2D eigenvalue weighted by Crippen LogP contribution is 2.49. The van der Waals surface area contributed by atoms with Crippen LogP contribution in [-0.2, 0) is 0 Å². The molecule has 0 bridgehead atoms. The molecule has 0 unspecified atom stereocenters. The average Bonchev–Trinajstić information content (AvgIpc) is 1.79. The van der Waals surface area contributed by atoms with Crippen LogP contribution in [0.15, 0.2) is 0 Å². The third-order valence-corrected chi connectivity index (χ3v) is 3.43. The van der Waals surface area contributed by atoms with Crippen LogP contribution in [0.2, 0.25) is 0 Å². The first-order valence-electron chi connectivity index (χ1n) is 5.06. The van der Waals surface area contributed by atoms with Gasteiger partial charge in [0.2, 0.25) is 0 Å². The normalized spacial score (nSPS) is 27.2. The van der Waals surface area contributed by atoms with Gasteiger partial charge in [-0.2, -0.15) is 0 Å². The lowest BCUT2D eigenvalue weighted by molar-refractivity contribution is -0.00567. The van der Waals surface area contributed by atoms with Crippen LogP contribution in [-0.4, -0.2) is 38.6 Å². The molecule has 1 saturated heterocycles. The Bertz CT molecular complexity index is 153. The highest BCUT2D eigenvalue weighted by atomic mass is 15.1. The summed E-state index contributed by atoms with van der Waals surface area (Å²) in [7, 11) is 4.33. The second-order valence-electron chi connectivity index (χ2n) is 4.97. The van der Waals surface area contributed by atoms with Crippen LogP contribution in [0.4, 0.5) is 0 Å². The summed E-state index contributed by atoms with van der Waals surface area (Å²) in [4.78, 5) is 2.30. The van der Waals surface area contributed by atoms with Crippen molar-refractivity contribution >= 4 is 0 Å². The molecule has 2 rings (SSSR count). The van der Waals surface area contributed by atoms with Gasteiger partial charge >= 0.3 is 0 Å². The summed E-state index contributed by atoms with van der Waals surface area (Å²) in [5, 5.41) is 3.38. The molecule has 1 aliphatic carbocycles. The Labute approximate surface area is 75.3 Å². The zero-order chi connectivity index (χ0) is 8.60. The lowest BCUT2D eigenvalue weighted by Gasteiger charge is -2.54. The Hall–Kier alpha value is -0.0800. The monoisotopic (exact) mass is 168 g/mol. The van der Waals surface area contributed by atoms with E-state index >= 15 is 0 Å². The highest BCUT2D eigenvalue weighted by Gasteiger charge is 2.47. The largest absolute Gasteiger partial charge is 0.316 e. The van der Waals surface area contributed by atoms with E-state index in [9.17, 15) is 0 Å². The molecule has 2 nitrogen and oxygen atoms in total. The first-order valence-corrected chi connectivity index (χ1v) is 5.06. The number of hydrogen-bond donors (Lipinski definition) is 1. The number of nitrogens with zero attached hydrogens (tertiary/aromatic N) is 1. The summed E-state index contributed by atoms with van der Waals surface area (Å²) in [6.07, 6.45) is 4.40. The number of rotatable bonds is 3. The van der Waals surface area contributed by atoms with Gasteiger partial charge in [-0.05, 0) is 51.2 Å². The predicted octanol–water partition coefficient (Wildman–Crippen LogP) is 0.938. The summed E-state index contributed by atoms with van der Waals surface area (Å²) in [6.45, 7) is 3.87. The predicted molar refractivity (Wildman–Crippen MR) is 51.2 cm³/mol. The van der Waals surface area contributed by atoms with Crippen molar-refractivity contribution in [3.63, 3.8) is 0 Å².